The number of aromatic amines is 1. The molecule has 1 amide bonds. The maximum Gasteiger partial charge on any atom is 0.414 e. The number of aliphatic hydroxyl groups is 1. The Labute approximate surface area is 211 Å². The fourth-order valence-corrected chi connectivity index (χ4v) is 5.12. The fraction of sp³-hybridized carbons (Fsp3) is 0.519. The molecule has 0 aliphatic carbocycles. The Morgan fingerprint density at radius 3 is 2.75 bits per heavy atom. The number of nitrogens with zero attached hydrogens (tertiary/aromatic N) is 2. The molecule has 3 N–H and O–H groups in total. The van der Waals surface area contributed by atoms with E-state index in [-0.39, 0.29) is 12.1 Å². The molecule has 194 valence electrons. The Balaban J connectivity index is 1.06. The van der Waals surface area contributed by atoms with Crippen LogP contribution in [0.25, 0.3) is 10.9 Å². The van der Waals surface area contributed by atoms with Gasteiger partial charge in [0.1, 0.15) is 12.4 Å². The average molecular weight is 497 g/mol. The lowest BCUT2D eigenvalue weighted by molar-refractivity contribution is 0.0302. The summed E-state index contributed by atoms with van der Waals surface area (Å²) in [7, 11) is 0. The van der Waals surface area contributed by atoms with E-state index in [2.05, 4.69) is 27.0 Å². The summed E-state index contributed by atoms with van der Waals surface area (Å²) in [4.78, 5) is 20.6. The Kier molecular flexibility index (Phi) is 7.79. The van der Waals surface area contributed by atoms with E-state index in [1.807, 2.05) is 24.3 Å². The lowest BCUT2D eigenvalue weighted by Crippen LogP contribution is -2.48. The first kappa shape index (κ1) is 24.7. The van der Waals surface area contributed by atoms with Gasteiger partial charge in [-0.2, -0.15) is 0 Å². The number of ether oxygens (including phenoxy) is 2. The zero-order chi connectivity index (χ0) is 24.9. The lowest BCUT2D eigenvalue weighted by atomic mass is 9.97. The molecule has 2 saturated heterocycles. The van der Waals surface area contributed by atoms with Crippen LogP contribution < -0.4 is 14.8 Å². The van der Waals surface area contributed by atoms with Gasteiger partial charge < -0.3 is 39.1 Å². The maximum atomic E-state index is 12.6. The van der Waals surface area contributed by atoms with Crippen molar-refractivity contribution in [3.63, 3.8) is 0 Å². The molecule has 0 saturated carbocycles. The van der Waals surface area contributed by atoms with Crippen molar-refractivity contribution in [3.05, 3.63) is 48.4 Å². The van der Waals surface area contributed by atoms with Crippen LogP contribution in [0.1, 0.15) is 31.7 Å². The summed E-state index contributed by atoms with van der Waals surface area (Å²) >= 11 is 0. The summed E-state index contributed by atoms with van der Waals surface area (Å²) in [6.07, 6.45) is 5.35. The highest BCUT2D eigenvalue weighted by atomic mass is 16.6. The van der Waals surface area contributed by atoms with Crippen molar-refractivity contribution in [3.8, 4) is 11.6 Å². The number of amides is 1. The highest BCUT2D eigenvalue weighted by molar-refractivity contribution is 5.88. The minimum atomic E-state index is -0.443. The van der Waals surface area contributed by atoms with E-state index >= 15 is 0 Å². The first-order chi connectivity index (χ1) is 17.5. The van der Waals surface area contributed by atoms with Crippen molar-refractivity contribution >= 4 is 17.0 Å². The van der Waals surface area contributed by atoms with Gasteiger partial charge in [-0.25, -0.2) is 4.79 Å². The molecule has 2 aliphatic rings. The molecule has 9 nitrogen and oxygen atoms in total. The van der Waals surface area contributed by atoms with Crippen molar-refractivity contribution in [2.24, 2.45) is 5.92 Å². The van der Waals surface area contributed by atoms with Crippen LogP contribution in [0.5, 0.6) is 11.6 Å². The zero-order valence-electron chi connectivity index (χ0n) is 20.8. The number of nitrogens with one attached hydrogen (secondary N) is 2. The van der Waals surface area contributed by atoms with E-state index in [0.29, 0.717) is 24.2 Å². The molecule has 4 heterocycles. The minimum absolute atomic E-state index is 0.108. The molecule has 2 fully saturated rings. The molecule has 1 aromatic carbocycles. The van der Waals surface area contributed by atoms with Gasteiger partial charge in [-0.05, 0) is 43.4 Å². The Morgan fingerprint density at radius 1 is 1.17 bits per heavy atom. The Bertz CT molecular complexity index is 1120. The molecule has 0 radical (unpaired) electrons. The van der Waals surface area contributed by atoms with Crippen molar-refractivity contribution in [1.29, 1.82) is 0 Å². The standard InChI is InChI=1S/C27H36N4O5/c1-19-16-31(11-7-24(19)32)13-12-30-9-5-21(6-10-30)28-27(33)36-26-15-22-23(29-26)3-2-4-25(22)35-18-20-8-14-34-17-20/h2-4,8,14-15,17,19,21,24,29,32H,5-7,9-13,16,18H2,1H3,(H,28,33)/t19-,24-/m0/s1. The first-order valence-electron chi connectivity index (χ1n) is 12.9. The normalized spacial score (nSPS) is 22.1. The molecule has 0 spiro atoms. The number of aliphatic hydroxyl groups excluding tert-OH is 1. The van der Waals surface area contributed by atoms with E-state index < -0.39 is 6.09 Å². The van der Waals surface area contributed by atoms with Crippen LogP contribution in [0.3, 0.4) is 0 Å². The molecule has 0 unspecified atom stereocenters. The van der Waals surface area contributed by atoms with Crippen LogP contribution >= 0.6 is 0 Å². The largest absolute Gasteiger partial charge is 0.488 e. The number of benzene rings is 1. The van der Waals surface area contributed by atoms with Gasteiger partial charge >= 0.3 is 6.09 Å². The average Bonchev–Trinajstić information content (AvgIpc) is 3.54. The summed E-state index contributed by atoms with van der Waals surface area (Å²) < 4.78 is 16.6. The number of hydrogen-bond acceptors (Lipinski definition) is 7. The van der Waals surface area contributed by atoms with E-state index in [1.54, 1.807) is 18.6 Å². The summed E-state index contributed by atoms with van der Waals surface area (Å²) in [5.41, 5.74) is 1.79. The van der Waals surface area contributed by atoms with Crippen molar-refractivity contribution in [2.45, 2.75) is 44.9 Å². The van der Waals surface area contributed by atoms with Crippen molar-refractivity contribution < 1.29 is 23.8 Å². The number of piperidine rings is 2. The molecule has 3 aromatic rings. The van der Waals surface area contributed by atoms with E-state index in [9.17, 15) is 9.90 Å². The predicted molar refractivity (Wildman–Crippen MR) is 136 cm³/mol. The van der Waals surface area contributed by atoms with Crippen LogP contribution in [-0.2, 0) is 6.61 Å². The number of furan rings is 1. The predicted octanol–water partition coefficient (Wildman–Crippen LogP) is 3.60. The van der Waals surface area contributed by atoms with Gasteiger partial charge in [-0.15, -0.1) is 0 Å². The minimum Gasteiger partial charge on any atom is -0.488 e. The maximum absolute atomic E-state index is 12.6. The summed E-state index contributed by atoms with van der Waals surface area (Å²) in [6, 6.07) is 9.48. The summed E-state index contributed by atoms with van der Waals surface area (Å²) in [5, 5.41) is 13.8. The topological polar surface area (TPSA) is 103 Å². The fourth-order valence-electron chi connectivity index (χ4n) is 5.12. The van der Waals surface area contributed by atoms with Gasteiger partial charge in [0.2, 0.25) is 5.88 Å². The molecule has 2 aliphatic heterocycles. The molecule has 0 bridgehead atoms. The van der Waals surface area contributed by atoms with Gasteiger partial charge in [0.05, 0.1) is 24.1 Å². The van der Waals surface area contributed by atoms with Gasteiger partial charge in [0.15, 0.2) is 0 Å². The van der Waals surface area contributed by atoms with Crippen LogP contribution in [0.4, 0.5) is 4.79 Å². The lowest BCUT2D eigenvalue weighted by Gasteiger charge is -2.37. The number of likely N-dealkylation sites (tertiary alicyclic amines) is 2. The molecule has 36 heavy (non-hydrogen) atoms. The van der Waals surface area contributed by atoms with Crippen LogP contribution in [0, 0.1) is 5.92 Å². The number of fused-ring (bicyclic) bond motifs is 1. The van der Waals surface area contributed by atoms with Gasteiger partial charge in [0, 0.05) is 62.3 Å². The van der Waals surface area contributed by atoms with E-state index in [0.717, 1.165) is 75.0 Å². The second kappa shape index (κ2) is 11.4. The zero-order valence-corrected chi connectivity index (χ0v) is 20.8. The van der Waals surface area contributed by atoms with Crippen LogP contribution in [-0.4, -0.2) is 77.4 Å². The third-order valence-electron chi connectivity index (χ3n) is 7.36. The number of carbonyl (C=O) groups is 1. The van der Waals surface area contributed by atoms with Crippen molar-refractivity contribution in [1.82, 2.24) is 20.1 Å². The summed E-state index contributed by atoms with van der Waals surface area (Å²) in [5.74, 6) is 1.45. The number of carbonyl (C=O) groups excluding carboxylic acids is 1. The SMILES string of the molecule is C[C@H]1CN(CCN2CCC(NC(=O)Oc3cc4c(OCc5ccoc5)cccc4[nH]3)CC2)CC[C@@H]1O. The van der Waals surface area contributed by atoms with Gasteiger partial charge in [-0.3, -0.25) is 0 Å². The third kappa shape index (κ3) is 6.21. The van der Waals surface area contributed by atoms with Crippen LogP contribution in [0.15, 0.2) is 47.3 Å². The second-order valence-corrected chi connectivity index (χ2v) is 10.1. The molecule has 5 rings (SSSR count). The van der Waals surface area contributed by atoms with E-state index in [4.69, 9.17) is 13.9 Å². The van der Waals surface area contributed by atoms with Gasteiger partial charge in [0.25, 0.3) is 0 Å². The highest BCUT2D eigenvalue weighted by Gasteiger charge is 2.26. The summed E-state index contributed by atoms with van der Waals surface area (Å²) in [6.45, 7) is 8.44. The third-order valence-corrected chi connectivity index (χ3v) is 7.36. The van der Waals surface area contributed by atoms with Crippen LogP contribution in [0.2, 0.25) is 0 Å². The van der Waals surface area contributed by atoms with E-state index in [1.165, 1.54) is 0 Å². The van der Waals surface area contributed by atoms with Gasteiger partial charge in [-0.1, -0.05) is 13.0 Å². The molecular formula is C27H36N4O5. The van der Waals surface area contributed by atoms with Crippen molar-refractivity contribution in [2.75, 3.05) is 39.3 Å². The highest BCUT2D eigenvalue weighted by Crippen LogP contribution is 2.30. The Hall–Kier alpha value is -3.01. The smallest absolute Gasteiger partial charge is 0.414 e. The first-order valence-corrected chi connectivity index (χ1v) is 12.9. The Morgan fingerprint density at radius 2 is 1.97 bits per heavy atom. The number of aromatic nitrogens is 1. The molecule has 2 atom stereocenters. The number of H-pyrrole nitrogens is 1. The number of hydrogen-bond donors (Lipinski definition) is 3. The molecule has 2 aromatic heterocycles. The number of rotatable bonds is 8. The monoisotopic (exact) mass is 496 g/mol. The second-order valence-electron chi connectivity index (χ2n) is 10.1. The quantitative estimate of drug-likeness (QED) is 0.438. The molecule has 9 heteroatoms. The molecular weight excluding hydrogens is 460 g/mol.